The van der Waals surface area contributed by atoms with Gasteiger partial charge in [0.1, 0.15) is 0 Å². The zero-order valence-corrected chi connectivity index (χ0v) is 12.1. The highest BCUT2D eigenvalue weighted by molar-refractivity contribution is 5.21. The molecule has 0 N–H and O–H groups in total. The smallest absolute Gasteiger partial charge is 0.0271 e. The first-order valence-electron chi connectivity index (χ1n) is 7.10. The maximum atomic E-state index is 4.22. The Balaban J connectivity index is 1.83. The van der Waals surface area contributed by atoms with Crippen LogP contribution in [0.2, 0.25) is 0 Å². The lowest BCUT2D eigenvalue weighted by atomic mass is 9.89. The lowest BCUT2D eigenvalue weighted by Gasteiger charge is -2.32. The van der Waals surface area contributed by atoms with Gasteiger partial charge in [-0.1, -0.05) is 23.8 Å². The SMILES string of the molecule is C=C(C=C(C)C)C1CCN(Cc2ccncc2)CC1. The summed E-state index contributed by atoms with van der Waals surface area (Å²) in [5.41, 5.74) is 4.02. The van der Waals surface area contributed by atoms with Crippen LogP contribution in [-0.2, 0) is 6.54 Å². The predicted octanol–water partition coefficient (Wildman–Crippen LogP) is 3.82. The van der Waals surface area contributed by atoms with Crippen molar-refractivity contribution in [2.45, 2.75) is 33.2 Å². The largest absolute Gasteiger partial charge is 0.299 e. The molecule has 102 valence electrons. The Kier molecular flexibility index (Phi) is 4.92. The number of nitrogens with zero attached hydrogens (tertiary/aromatic N) is 2. The first-order valence-corrected chi connectivity index (χ1v) is 7.10. The molecule has 1 aliphatic heterocycles. The molecule has 1 aromatic rings. The summed E-state index contributed by atoms with van der Waals surface area (Å²) in [5, 5.41) is 0. The molecule has 0 atom stereocenters. The molecule has 0 aliphatic carbocycles. The maximum absolute atomic E-state index is 4.22. The van der Waals surface area contributed by atoms with Crippen LogP contribution in [0.3, 0.4) is 0 Å². The van der Waals surface area contributed by atoms with Crippen molar-refractivity contribution in [2.24, 2.45) is 5.92 Å². The molecule has 0 saturated carbocycles. The first-order chi connectivity index (χ1) is 9.15. The van der Waals surface area contributed by atoms with E-state index in [9.17, 15) is 0 Å². The second-order valence-corrected chi connectivity index (χ2v) is 5.70. The van der Waals surface area contributed by atoms with E-state index in [-0.39, 0.29) is 0 Å². The Morgan fingerprint density at radius 1 is 1.32 bits per heavy atom. The third-order valence-corrected chi connectivity index (χ3v) is 3.74. The number of pyridine rings is 1. The van der Waals surface area contributed by atoms with E-state index in [1.807, 2.05) is 12.4 Å². The number of aromatic nitrogens is 1. The Labute approximate surface area is 116 Å². The van der Waals surface area contributed by atoms with E-state index < -0.39 is 0 Å². The topological polar surface area (TPSA) is 16.1 Å². The van der Waals surface area contributed by atoms with Gasteiger partial charge in [-0.3, -0.25) is 9.88 Å². The van der Waals surface area contributed by atoms with Crippen LogP contribution in [0.25, 0.3) is 0 Å². The molecule has 1 aliphatic rings. The summed E-state index contributed by atoms with van der Waals surface area (Å²) in [6, 6.07) is 4.21. The zero-order valence-electron chi connectivity index (χ0n) is 12.1. The van der Waals surface area contributed by atoms with Crippen molar-refractivity contribution < 1.29 is 0 Å². The van der Waals surface area contributed by atoms with Gasteiger partial charge in [0, 0.05) is 18.9 Å². The Morgan fingerprint density at radius 2 is 1.95 bits per heavy atom. The minimum Gasteiger partial charge on any atom is -0.299 e. The molecule has 0 radical (unpaired) electrons. The molecule has 1 saturated heterocycles. The van der Waals surface area contributed by atoms with E-state index in [4.69, 9.17) is 0 Å². The molecule has 0 aromatic carbocycles. The highest BCUT2D eigenvalue weighted by atomic mass is 15.1. The normalized spacial score (nSPS) is 17.2. The van der Waals surface area contributed by atoms with Crippen molar-refractivity contribution in [1.82, 2.24) is 9.88 Å². The molecule has 2 heteroatoms. The minimum absolute atomic E-state index is 0.670. The first kappa shape index (κ1) is 14.0. The monoisotopic (exact) mass is 256 g/mol. The van der Waals surface area contributed by atoms with Crippen LogP contribution < -0.4 is 0 Å². The van der Waals surface area contributed by atoms with Crippen LogP contribution in [0.1, 0.15) is 32.3 Å². The average molecular weight is 256 g/mol. The summed E-state index contributed by atoms with van der Waals surface area (Å²) < 4.78 is 0. The highest BCUT2D eigenvalue weighted by Gasteiger charge is 2.20. The van der Waals surface area contributed by atoms with Gasteiger partial charge in [0.15, 0.2) is 0 Å². The second kappa shape index (κ2) is 6.67. The molecule has 0 bridgehead atoms. The molecule has 0 unspecified atom stereocenters. The Hall–Kier alpha value is -1.41. The van der Waals surface area contributed by atoms with Gasteiger partial charge < -0.3 is 0 Å². The summed E-state index contributed by atoms with van der Waals surface area (Å²) in [4.78, 5) is 6.59. The number of allylic oxidation sites excluding steroid dienone is 3. The molecule has 0 amide bonds. The fourth-order valence-electron chi connectivity index (χ4n) is 2.70. The number of piperidine rings is 1. The van der Waals surface area contributed by atoms with E-state index in [1.54, 1.807) is 0 Å². The predicted molar refractivity (Wildman–Crippen MR) is 80.8 cm³/mol. The number of rotatable bonds is 4. The molecular weight excluding hydrogens is 232 g/mol. The molecule has 2 rings (SSSR count). The number of hydrogen-bond acceptors (Lipinski definition) is 2. The third-order valence-electron chi connectivity index (χ3n) is 3.74. The standard InChI is InChI=1S/C17H24N2/c1-14(2)12-15(3)17-6-10-19(11-7-17)13-16-4-8-18-9-5-16/h4-5,8-9,12,17H,3,6-7,10-11,13H2,1-2H3. The molecule has 1 fully saturated rings. The average Bonchev–Trinajstić information content (AvgIpc) is 2.40. The van der Waals surface area contributed by atoms with Gasteiger partial charge in [0.05, 0.1) is 0 Å². The second-order valence-electron chi connectivity index (χ2n) is 5.70. The molecular formula is C17H24N2. The molecule has 0 spiro atoms. The van der Waals surface area contributed by atoms with Crippen molar-refractivity contribution in [3.8, 4) is 0 Å². The van der Waals surface area contributed by atoms with Gasteiger partial charge in [-0.05, 0) is 63.4 Å². The van der Waals surface area contributed by atoms with Crippen molar-refractivity contribution in [3.05, 3.63) is 53.9 Å². The molecule has 2 nitrogen and oxygen atoms in total. The molecule has 19 heavy (non-hydrogen) atoms. The Bertz CT molecular complexity index is 436. The van der Waals surface area contributed by atoms with Crippen molar-refractivity contribution in [1.29, 1.82) is 0 Å². The van der Waals surface area contributed by atoms with Crippen molar-refractivity contribution in [2.75, 3.05) is 13.1 Å². The number of likely N-dealkylation sites (tertiary alicyclic amines) is 1. The fraction of sp³-hybridized carbons (Fsp3) is 0.471. The van der Waals surface area contributed by atoms with Crippen LogP contribution >= 0.6 is 0 Å². The van der Waals surface area contributed by atoms with Crippen LogP contribution in [0, 0.1) is 5.92 Å². The number of hydrogen-bond donors (Lipinski definition) is 0. The van der Waals surface area contributed by atoms with Crippen LogP contribution in [-0.4, -0.2) is 23.0 Å². The summed E-state index contributed by atoms with van der Waals surface area (Å²) >= 11 is 0. The maximum Gasteiger partial charge on any atom is 0.0271 e. The van der Waals surface area contributed by atoms with Gasteiger partial charge in [0.2, 0.25) is 0 Å². The quantitative estimate of drug-likeness (QED) is 0.761. The lowest BCUT2D eigenvalue weighted by Crippen LogP contribution is -2.33. The van der Waals surface area contributed by atoms with Gasteiger partial charge >= 0.3 is 0 Å². The van der Waals surface area contributed by atoms with Crippen LogP contribution in [0.4, 0.5) is 0 Å². The van der Waals surface area contributed by atoms with Gasteiger partial charge in [-0.15, -0.1) is 0 Å². The van der Waals surface area contributed by atoms with E-state index in [2.05, 4.69) is 48.5 Å². The van der Waals surface area contributed by atoms with Gasteiger partial charge in [-0.25, -0.2) is 0 Å². The van der Waals surface area contributed by atoms with Gasteiger partial charge in [-0.2, -0.15) is 0 Å². The van der Waals surface area contributed by atoms with E-state index in [0.29, 0.717) is 5.92 Å². The minimum atomic E-state index is 0.670. The summed E-state index contributed by atoms with van der Waals surface area (Å²) in [6.07, 6.45) is 8.45. The summed E-state index contributed by atoms with van der Waals surface area (Å²) in [6.45, 7) is 11.9. The fourth-order valence-corrected chi connectivity index (χ4v) is 2.70. The lowest BCUT2D eigenvalue weighted by molar-refractivity contribution is 0.193. The molecule has 1 aromatic heterocycles. The zero-order chi connectivity index (χ0) is 13.7. The Morgan fingerprint density at radius 3 is 2.53 bits per heavy atom. The highest BCUT2D eigenvalue weighted by Crippen LogP contribution is 2.25. The third kappa shape index (κ3) is 4.32. The summed E-state index contributed by atoms with van der Waals surface area (Å²) in [5.74, 6) is 0.670. The van der Waals surface area contributed by atoms with E-state index >= 15 is 0 Å². The van der Waals surface area contributed by atoms with Crippen molar-refractivity contribution >= 4 is 0 Å². The van der Waals surface area contributed by atoms with Crippen LogP contribution in [0.15, 0.2) is 48.3 Å². The van der Waals surface area contributed by atoms with E-state index in [0.717, 1.165) is 6.54 Å². The van der Waals surface area contributed by atoms with Gasteiger partial charge in [0.25, 0.3) is 0 Å². The molecule has 2 heterocycles. The van der Waals surface area contributed by atoms with E-state index in [1.165, 1.54) is 42.6 Å². The summed E-state index contributed by atoms with van der Waals surface area (Å²) in [7, 11) is 0. The van der Waals surface area contributed by atoms with Crippen LogP contribution in [0.5, 0.6) is 0 Å². The van der Waals surface area contributed by atoms with Crippen molar-refractivity contribution in [3.63, 3.8) is 0 Å².